The lowest BCUT2D eigenvalue weighted by atomic mass is 9.66. The van der Waals surface area contributed by atoms with E-state index in [1.54, 1.807) is 0 Å². The molecule has 0 bridgehead atoms. The van der Waals surface area contributed by atoms with Crippen LogP contribution in [-0.4, -0.2) is 22.9 Å². The highest BCUT2D eigenvalue weighted by molar-refractivity contribution is 5.12. The molecule has 0 spiro atoms. The fourth-order valence-electron chi connectivity index (χ4n) is 3.31. The molecular formula is C15H27N3. The Kier molecular flexibility index (Phi) is 4.10. The van der Waals surface area contributed by atoms with E-state index in [0.717, 1.165) is 19.0 Å². The molecule has 0 aliphatic heterocycles. The number of nitrogens with one attached hydrogen (secondary N) is 1. The molecule has 0 saturated heterocycles. The van der Waals surface area contributed by atoms with Crippen LogP contribution in [-0.2, 0) is 7.05 Å². The number of aryl methyl sites for hydroxylation is 1. The van der Waals surface area contributed by atoms with E-state index in [1.807, 2.05) is 6.20 Å². The van der Waals surface area contributed by atoms with Crippen molar-refractivity contribution >= 4 is 0 Å². The van der Waals surface area contributed by atoms with Crippen molar-refractivity contribution < 1.29 is 0 Å². The first kappa shape index (κ1) is 13.6. The van der Waals surface area contributed by atoms with Crippen molar-refractivity contribution in [1.29, 1.82) is 0 Å². The van der Waals surface area contributed by atoms with E-state index in [0.29, 0.717) is 11.3 Å². The van der Waals surface area contributed by atoms with Gasteiger partial charge in [-0.25, -0.2) is 0 Å². The quantitative estimate of drug-likeness (QED) is 0.889. The Bertz CT molecular complexity index is 381. The Labute approximate surface area is 111 Å². The van der Waals surface area contributed by atoms with Gasteiger partial charge >= 0.3 is 0 Å². The Hall–Kier alpha value is -0.830. The first-order valence-corrected chi connectivity index (χ1v) is 7.22. The van der Waals surface area contributed by atoms with Gasteiger partial charge in [0.15, 0.2) is 0 Å². The molecule has 1 saturated carbocycles. The van der Waals surface area contributed by atoms with Gasteiger partial charge in [0.2, 0.25) is 0 Å². The van der Waals surface area contributed by atoms with Gasteiger partial charge in [-0.3, -0.25) is 4.68 Å². The van der Waals surface area contributed by atoms with E-state index in [1.165, 1.54) is 25.0 Å². The van der Waals surface area contributed by atoms with Gasteiger partial charge in [-0.05, 0) is 49.8 Å². The summed E-state index contributed by atoms with van der Waals surface area (Å²) in [6.07, 6.45) is 5.89. The molecule has 1 aromatic rings. The number of nitrogens with zero attached hydrogens (tertiary/aromatic N) is 2. The van der Waals surface area contributed by atoms with Gasteiger partial charge in [-0.2, -0.15) is 5.10 Å². The zero-order chi connectivity index (χ0) is 13.2. The second-order valence-electron chi connectivity index (χ2n) is 6.46. The fraction of sp³-hybridized carbons (Fsp3) is 0.800. The average Bonchev–Trinajstić information content (AvgIpc) is 2.73. The lowest BCUT2D eigenvalue weighted by Crippen LogP contribution is -2.35. The molecule has 1 fully saturated rings. The van der Waals surface area contributed by atoms with Crippen molar-refractivity contribution in [3.05, 3.63) is 18.0 Å². The largest absolute Gasteiger partial charge is 0.317 e. The summed E-state index contributed by atoms with van der Waals surface area (Å²) in [5.74, 6) is 1.41. The molecule has 0 aromatic carbocycles. The van der Waals surface area contributed by atoms with Crippen LogP contribution in [0.25, 0.3) is 0 Å². The molecule has 18 heavy (non-hydrogen) atoms. The van der Waals surface area contributed by atoms with Gasteiger partial charge in [-0.15, -0.1) is 0 Å². The molecule has 102 valence electrons. The second-order valence-corrected chi connectivity index (χ2v) is 6.46. The highest BCUT2D eigenvalue weighted by atomic mass is 15.3. The van der Waals surface area contributed by atoms with Crippen LogP contribution in [0, 0.1) is 11.3 Å². The molecule has 0 radical (unpaired) electrons. The molecule has 0 amide bonds. The smallest absolute Gasteiger partial charge is 0.0492 e. The molecule has 2 rings (SSSR count). The van der Waals surface area contributed by atoms with Gasteiger partial charge in [0.05, 0.1) is 0 Å². The number of hydrogen-bond acceptors (Lipinski definition) is 2. The molecule has 3 heteroatoms. The highest BCUT2D eigenvalue weighted by Gasteiger charge is 2.36. The molecule has 2 unspecified atom stereocenters. The third-order valence-corrected chi connectivity index (χ3v) is 4.43. The number of hydrogen-bond donors (Lipinski definition) is 1. The minimum absolute atomic E-state index is 0.470. The van der Waals surface area contributed by atoms with Crippen LogP contribution in [0.2, 0.25) is 0 Å². The zero-order valence-corrected chi connectivity index (χ0v) is 12.2. The van der Waals surface area contributed by atoms with Gasteiger partial charge < -0.3 is 5.32 Å². The van der Waals surface area contributed by atoms with Crippen molar-refractivity contribution in [2.75, 3.05) is 13.1 Å². The van der Waals surface area contributed by atoms with Crippen molar-refractivity contribution in [3.8, 4) is 0 Å². The van der Waals surface area contributed by atoms with Crippen molar-refractivity contribution in [3.63, 3.8) is 0 Å². The Balaban J connectivity index is 2.17. The molecule has 3 nitrogen and oxygen atoms in total. The lowest BCUT2D eigenvalue weighted by molar-refractivity contribution is 0.155. The zero-order valence-electron chi connectivity index (χ0n) is 12.2. The SMILES string of the molecule is CCNCC1CCC(C)(C)CC1c1ccnn1C. The first-order chi connectivity index (χ1) is 8.53. The maximum absolute atomic E-state index is 4.35. The standard InChI is InChI=1S/C15H27N3/c1-5-16-11-12-6-8-15(2,3)10-13(12)14-7-9-17-18(14)4/h7,9,12-13,16H,5-6,8,10-11H2,1-4H3. The molecule has 1 aliphatic rings. The van der Waals surface area contributed by atoms with E-state index in [-0.39, 0.29) is 0 Å². The van der Waals surface area contributed by atoms with E-state index in [4.69, 9.17) is 0 Å². The van der Waals surface area contributed by atoms with Gasteiger partial charge in [0, 0.05) is 24.9 Å². The predicted molar refractivity (Wildman–Crippen MR) is 75.6 cm³/mol. The van der Waals surface area contributed by atoms with Crippen LogP contribution in [0.3, 0.4) is 0 Å². The third kappa shape index (κ3) is 2.94. The van der Waals surface area contributed by atoms with Crippen LogP contribution in [0.5, 0.6) is 0 Å². The van der Waals surface area contributed by atoms with E-state index in [9.17, 15) is 0 Å². The van der Waals surface area contributed by atoms with Gasteiger partial charge in [-0.1, -0.05) is 20.8 Å². The molecule has 1 N–H and O–H groups in total. The molecule has 1 heterocycles. The van der Waals surface area contributed by atoms with Crippen LogP contribution in [0.4, 0.5) is 0 Å². The number of aromatic nitrogens is 2. The summed E-state index contributed by atoms with van der Waals surface area (Å²) in [6, 6.07) is 2.20. The normalized spacial score (nSPS) is 27.3. The molecule has 1 aliphatic carbocycles. The monoisotopic (exact) mass is 249 g/mol. The summed E-state index contributed by atoms with van der Waals surface area (Å²) in [4.78, 5) is 0. The van der Waals surface area contributed by atoms with E-state index in [2.05, 4.69) is 49.0 Å². The van der Waals surface area contributed by atoms with E-state index >= 15 is 0 Å². The average molecular weight is 249 g/mol. The summed E-state index contributed by atoms with van der Waals surface area (Å²) in [5, 5.41) is 7.88. The van der Waals surface area contributed by atoms with Crippen molar-refractivity contribution in [1.82, 2.24) is 15.1 Å². The topological polar surface area (TPSA) is 29.9 Å². The summed E-state index contributed by atoms with van der Waals surface area (Å²) in [6.45, 7) is 9.20. The maximum Gasteiger partial charge on any atom is 0.0492 e. The molecular weight excluding hydrogens is 222 g/mol. The van der Waals surface area contributed by atoms with Crippen LogP contribution >= 0.6 is 0 Å². The summed E-state index contributed by atoms with van der Waals surface area (Å²) >= 11 is 0. The minimum atomic E-state index is 0.470. The predicted octanol–water partition coefficient (Wildman–Crippen LogP) is 2.94. The first-order valence-electron chi connectivity index (χ1n) is 7.22. The second kappa shape index (κ2) is 5.43. The molecule has 2 atom stereocenters. The maximum atomic E-state index is 4.35. The lowest BCUT2D eigenvalue weighted by Gasteiger charge is -2.41. The Morgan fingerprint density at radius 3 is 2.89 bits per heavy atom. The Morgan fingerprint density at radius 1 is 1.50 bits per heavy atom. The summed E-state index contributed by atoms with van der Waals surface area (Å²) < 4.78 is 2.06. The van der Waals surface area contributed by atoms with Gasteiger partial charge in [0.25, 0.3) is 0 Å². The fourth-order valence-corrected chi connectivity index (χ4v) is 3.31. The van der Waals surface area contributed by atoms with Gasteiger partial charge in [0.1, 0.15) is 0 Å². The minimum Gasteiger partial charge on any atom is -0.317 e. The summed E-state index contributed by atoms with van der Waals surface area (Å²) in [5.41, 5.74) is 1.88. The van der Waals surface area contributed by atoms with Crippen LogP contribution in [0.15, 0.2) is 12.3 Å². The van der Waals surface area contributed by atoms with Crippen molar-refractivity contribution in [2.45, 2.75) is 46.0 Å². The third-order valence-electron chi connectivity index (χ3n) is 4.43. The van der Waals surface area contributed by atoms with Crippen molar-refractivity contribution in [2.24, 2.45) is 18.4 Å². The number of rotatable bonds is 4. The Morgan fingerprint density at radius 2 is 2.28 bits per heavy atom. The van der Waals surface area contributed by atoms with Crippen LogP contribution < -0.4 is 5.32 Å². The highest BCUT2D eigenvalue weighted by Crippen LogP contribution is 2.46. The summed E-state index contributed by atoms with van der Waals surface area (Å²) in [7, 11) is 2.07. The van der Waals surface area contributed by atoms with Crippen LogP contribution in [0.1, 0.15) is 51.6 Å². The van der Waals surface area contributed by atoms with E-state index < -0.39 is 0 Å². The molecule has 1 aromatic heterocycles.